The molecule has 0 saturated heterocycles. The van der Waals surface area contributed by atoms with Crippen LogP contribution in [0.4, 0.5) is 11.4 Å². The van der Waals surface area contributed by atoms with E-state index >= 15 is 0 Å². The molecule has 8 aromatic carbocycles. The summed E-state index contributed by atoms with van der Waals surface area (Å²) in [5.41, 5.74) is 17.8. The van der Waals surface area contributed by atoms with Gasteiger partial charge >= 0.3 is 0 Å². The van der Waals surface area contributed by atoms with Crippen molar-refractivity contribution in [2.45, 2.75) is 37.6 Å². The van der Waals surface area contributed by atoms with Crippen molar-refractivity contribution in [2.75, 3.05) is 4.90 Å². The van der Waals surface area contributed by atoms with Gasteiger partial charge in [0.15, 0.2) is 0 Å². The summed E-state index contributed by atoms with van der Waals surface area (Å²) in [6.45, 7) is 7.21. The largest absolute Gasteiger partial charge is 0.333 e. The lowest BCUT2D eigenvalue weighted by Crippen LogP contribution is -2.39. The van der Waals surface area contributed by atoms with E-state index in [1.165, 1.54) is 109 Å². The summed E-state index contributed by atoms with van der Waals surface area (Å²) in [7, 11) is 0. The average molecular weight is 799 g/mol. The zero-order chi connectivity index (χ0) is 40.6. The minimum Gasteiger partial charge on any atom is -0.333 e. The Kier molecular flexibility index (Phi) is 7.17. The number of para-hydroxylation sites is 2. The highest BCUT2D eigenvalue weighted by Gasteiger charge is 2.48. The van der Waals surface area contributed by atoms with E-state index in [1.807, 2.05) is 11.3 Å². The topological polar surface area (TPSA) is 8.17 Å². The van der Waals surface area contributed by atoms with Crippen LogP contribution < -0.4 is 4.90 Å². The molecule has 3 heterocycles. The predicted molar refractivity (Wildman–Crippen MR) is 260 cm³/mol. The molecular formula is C58H42N2S. The highest BCUT2D eigenvalue weighted by Crippen LogP contribution is 2.57. The molecule has 13 rings (SSSR count). The molecule has 1 aliphatic heterocycles. The summed E-state index contributed by atoms with van der Waals surface area (Å²) in [5.74, 6) is 0. The number of rotatable bonds is 4. The van der Waals surface area contributed by atoms with Gasteiger partial charge in [0.25, 0.3) is 0 Å². The fourth-order valence-corrected chi connectivity index (χ4v) is 12.6. The molecule has 61 heavy (non-hydrogen) atoms. The molecule has 2 aromatic heterocycles. The molecular weight excluding hydrogens is 757 g/mol. The molecule has 3 aliphatic rings. The third-order valence-electron chi connectivity index (χ3n) is 14.2. The molecule has 0 N–H and O–H groups in total. The van der Waals surface area contributed by atoms with Gasteiger partial charge in [-0.2, -0.15) is 0 Å². The molecule has 0 fully saturated rings. The van der Waals surface area contributed by atoms with Crippen molar-refractivity contribution in [3.63, 3.8) is 0 Å². The lowest BCUT2D eigenvalue weighted by Gasteiger charge is -2.35. The van der Waals surface area contributed by atoms with Crippen molar-refractivity contribution in [3.8, 4) is 39.1 Å². The Labute approximate surface area is 360 Å². The van der Waals surface area contributed by atoms with Gasteiger partial charge in [-0.15, -0.1) is 11.3 Å². The Balaban J connectivity index is 1.02. The van der Waals surface area contributed by atoms with Crippen LogP contribution in [-0.2, 0) is 10.8 Å². The summed E-state index contributed by atoms with van der Waals surface area (Å²) in [6.07, 6.45) is 9.36. The molecule has 0 spiro atoms. The van der Waals surface area contributed by atoms with E-state index < -0.39 is 0 Å². The number of hydrogen-bond donors (Lipinski definition) is 0. The number of benzene rings is 8. The summed E-state index contributed by atoms with van der Waals surface area (Å²) in [4.78, 5) is 2.64. The summed E-state index contributed by atoms with van der Waals surface area (Å²) in [5, 5.41) is 5.17. The zero-order valence-electron chi connectivity index (χ0n) is 34.4. The molecule has 2 atom stereocenters. The number of hydrogen-bond acceptors (Lipinski definition) is 2. The number of anilines is 2. The van der Waals surface area contributed by atoms with Gasteiger partial charge in [-0.1, -0.05) is 147 Å². The maximum atomic E-state index is 2.64. The van der Waals surface area contributed by atoms with Crippen LogP contribution in [0.3, 0.4) is 0 Å². The standard InChI is InChI=1S/C58H42N2S/c1-57(2)48-22-10-7-18-41(48)42-29-27-37(33-49(42)57)45-34-39(35-47-44-20-9-12-25-53(44)61-56(45)47)60-52-24-15-21-40(55(52)58(3)31-14-13-26-54(58)60)36-28-30-51-46(32-36)43-19-8-11-23-50(43)59(51)38-16-5-4-6-17-38/h4-35,54H,1-3H3. The molecule has 10 aromatic rings. The van der Waals surface area contributed by atoms with Crippen LogP contribution in [-0.4, -0.2) is 10.6 Å². The van der Waals surface area contributed by atoms with E-state index in [0.717, 1.165) is 0 Å². The average Bonchev–Trinajstić information content (AvgIpc) is 3.99. The molecule has 2 nitrogen and oxygen atoms in total. The Bertz CT molecular complexity index is 3540. The van der Waals surface area contributed by atoms with Crippen molar-refractivity contribution >= 4 is 64.7 Å². The molecule has 290 valence electrons. The van der Waals surface area contributed by atoms with Crippen LogP contribution in [0.5, 0.6) is 0 Å². The van der Waals surface area contributed by atoms with Crippen molar-refractivity contribution in [3.05, 3.63) is 211 Å². The van der Waals surface area contributed by atoms with Crippen molar-refractivity contribution < 1.29 is 0 Å². The SMILES string of the molecule is CC1(C)c2ccccc2-c2ccc(-c3cc(N4c5cccc(-c6ccc7c(c6)c6ccccc6n7-c6ccccc6)c5C5(C)C=CC=CC45)cc4c3sc3ccccc34)cc21. The van der Waals surface area contributed by atoms with Gasteiger partial charge in [0.1, 0.15) is 0 Å². The van der Waals surface area contributed by atoms with E-state index in [0.29, 0.717) is 0 Å². The molecule has 2 unspecified atom stereocenters. The maximum absolute atomic E-state index is 2.64. The van der Waals surface area contributed by atoms with Crippen LogP contribution in [0.15, 0.2) is 194 Å². The van der Waals surface area contributed by atoms with Gasteiger partial charge < -0.3 is 9.47 Å². The van der Waals surface area contributed by atoms with Gasteiger partial charge in [0.2, 0.25) is 0 Å². The predicted octanol–water partition coefficient (Wildman–Crippen LogP) is 15.7. The third-order valence-corrected chi connectivity index (χ3v) is 15.4. The molecule has 0 radical (unpaired) electrons. The second-order valence-electron chi connectivity index (χ2n) is 17.9. The first-order valence-corrected chi connectivity index (χ1v) is 22.3. The molecule has 0 bridgehead atoms. The van der Waals surface area contributed by atoms with Crippen molar-refractivity contribution in [2.24, 2.45) is 0 Å². The van der Waals surface area contributed by atoms with Gasteiger partial charge in [0, 0.05) is 64.4 Å². The van der Waals surface area contributed by atoms with E-state index in [4.69, 9.17) is 0 Å². The fourth-order valence-electron chi connectivity index (χ4n) is 11.3. The minimum absolute atomic E-state index is 0.0797. The minimum atomic E-state index is -0.261. The smallest absolute Gasteiger partial charge is 0.0655 e. The van der Waals surface area contributed by atoms with E-state index in [1.54, 1.807) is 0 Å². The third kappa shape index (κ3) is 4.78. The highest BCUT2D eigenvalue weighted by atomic mass is 32.1. The Hall–Kier alpha value is -6.94. The highest BCUT2D eigenvalue weighted by molar-refractivity contribution is 7.26. The zero-order valence-corrected chi connectivity index (χ0v) is 35.2. The molecule has 0 amide bonds. The molecule has 2 aliphatic carbocycles. The fraction of sp³-hybridized carbons (Fsp3) is 0.103. The van der Waals surface area contributed by atoms with E-state index in [-0.39, 0.29) is 16.9 Å². The van der Waals surface area contributed by atoms with E-state index in [9.17, 15) is 0 Å². The molecule has 3 heteroatoms. The van der Waals surface area contributed by atoms with Crippen LogP contribution in [0.1, 0.15) is 37.5 Å². The van der Waals surface area contributed by atoms with Crippen LogP contribution in [0, 0.1) is 0 Å². The van der Waals surface area contributed by atoms with Crippen LogP contribution in [0.2, 0.25) is 0 Å². The van der Waals surface area contributed by atoms with Crippen LogP contribution >= 0.6 is 11.3 Å². The Morgan fingerprint density at radius 2 is 1.21 bits per heavy atom. The van der Waals surface area contributed by atoms with Gasteiger partial charge in [-0.25, -0.2) is 0 Å². The lowest BCUT2D eigenvalue weighted by atomic mass is 9.73. The summed E-state index contributed by atoms with van der Waals surface area (Å²) < 4.78 is 5.07. The van der Waals surface area contributed by atoms with Gasteiger partial charge in [-0.3, -0.25) is 0 Å². The number of aromatic nitrogens is 1. The van der Waals surface area contributed by atoms with Crippen molar-refractivity contribution in [1.29, 1.82) is 0 Å². The first kappa shape index (κ1) is 34.9. The van der Waals surface area contributed by atoms with E-state index in [2.05, 4.69) is 224 Å². The summed E-state index contributed by atoms with van der Waals surface area (Å²) in [6, 6.07) is 63.9. The number of allylic oxidation sites excluding steroid dienone is 2. The number of fused-ring (bicyclic) bond motifs is 12. The molecule has 0 saturated carbocycles. The number of nitrogens with zero attached hydrogens (tertiary/aromatic N) is 2. The second-order valence-corrected chi connectivity index (χ2v) is 18.9. The number of thiophene rings is 1. The first-order chi connectivity index (χ1) is 29.9. The normalized spacial score (nSPS) is 18.3. The van der Waals surface area contributed by atoms with Crippen LogP contribution in [0.25, 0.3) is 81.0 Å². The van der Waals surface area contributed by atoms with Gasteiger partial charge in [0.05, 0.1) is 17.1 Å². The Morgan fingerprint density at radius 3 is 2.11 bits per heavy atom. The second kappa shape index (κ2) is 12.5. The lowest BCUT2D eigenvalue weighted by molar-refractivity contribution is 0.552. The monoisotopic (exact) mass is 798 g/mol. The quantitative estimate of drug-likeness (QED) is 0.172. The first-order valence-electron chi connectivity index (χ1n) is 21.5. The Morgan fingerprint density at radius 1 is 0.492 bits per heavy atom. The maximum Gasteiger partial charge on any atom is 0.0655 e. The van der Waals surface area contributed by atoms with Crippen molar-refractivity contribution in [1.82, 2.24) is 4.57 Å². The summed E-state index contributed by atoms with van der Waals surface area (Å²) >= 11 is 1.92. The van der Waals surface area contributed by atoms with Gasteiger partial charge in [-0.05, 0) is 112 Å².